The van der Waals surface area contributed by atoms with Crippen molar-refractivity contribution in [2.75, 3.05) is 0 Å². The van der Waals surface area contributed by atoms with Crippen LogP contribution in [0.5, 0.6) is 11.5 Å². The van der Waals surface area contributed by atoms with E-state index in [0.29, 0.717) is 10.8 Å². The van der Waals surface area contributed by atoms with E-state index in [2.05, 4.69) is 5.10 Å². The van der Waals surface area contributed by atoms with Gasteiger partial charge in [0.25, 0.3) is 0 Å². The van der Waals surface area contributed by atoms with E-state index in [9.17, 15) is 4.79 Å². The van der Waals surface area contributed by atoms with Gasteiger partial charge in [0.15, 0.2) is 5.75 Å². The van der Waals surface area contributed by atoms with Crippen molar-refractivity contribution in [3.05, 3.63) is 41.2 Å². The molecule has 1 aromatic carbocycles. The lowest BCUT2D eigenvalue weighted by Gasteiger charge is -2.07. The molecular formula is C13H13ClN2O3. The van der Waals surface area contributed by atoms with Gasteiger partial charge in [-0.15, -0.1) is 0 Å². The third-order valence-electron chi connectivity index (χ3n) is 2.51. The second-order valence-electron chi connectivity index (χ2n) is 4.30. The quantitative estimate of drug-likeness (QED) is 0.929. The Morgan fingerprint density at radius 2 is 2.21 bits per heavy atom. The Kier molecular flexibility index (Phi) is 3.76. The minimum absolute atomic E-state index is 0.0571. The average molecular weight is 281 g/mol. The number of hydrogen-bond donors (Lipinski definition) is 1. The number of ether oxygens (including phenoxy) is 1. The summed E-state index contributed by atoms with van der Waals surface area (Å²) in [7, 11) is 0. The molecule has 0 fully saturated rings. The Labute approximate surface area is 115 Å². The van der Waals surface area contributed by atoms with Gasteiger partial charge in [-0.2, -0.15) is 5.10 Å². The molecule has 1 aromatic heterocycles. The number of aromatic nitrogens is 2. The van der Waals surface area contributed by atoms with Crippen LogP contribution in [0.2, 0.25) is 5.02 Å². The van der Waals surface area contributed by atoms with Gasteiger partial charge in [0, 0.05) is 17.1 Å². The fourth-order valence-corrected chi connectivity index (χ4v) is 1.70. The van der Waals surface area contributed by atoms with Gasteiger partial charge in [-0.05, 0) is 26.0 Å². The highest BCUT2D eigenvalue weighted by Crippen LogP contribution is 2.28. The highest BCUT2D eigenvalue weighted by molar-refractivity contribution is 6.30. The predicted octanol–water partition coefficient (Wildman–Crippen LogP) is 3.61. The van der Waals surface area contributed by atoms with E-state index in [4.69, 9.17) is 21.4 Å². The van der Waals surface area contributed by atoms with E-state index in [1.165, 1.54) is 24.4 Å². The number of carboxylic acids is 1. The first-order valence-electron chi connectivity index (χ1n) is 5.72. The van der Waals surface area contributed by atoms with E-state index in [1.807, 2.05) is 13.8 Å². The second kappa shape index (κ2) is 5.32. The summed E-state index contributed by atoms with van der Waals surface area (Å²) in [5.41, 5.74) is 0.0571. The third kappa shape index (κ3) is 3.06. The Morgan fingerprint density at radius 3 is 2.79 bits per heavy atom. The number of carboxylic acid groups (broad SMARTS) is 1. The van der Waals surface area contributed by atoms with E-state index >= 15 is 0 Å². The normalized spacial score (nSPS) is 10.7. The number of benzene rings is 1. The maximum absolute atomic E-state index is 11.1. The molecule has 0 bridgehead atoms. The molecule has 1 N–H and O–H groups in total. The summed E-state index contributed by atoms with van der Waals surface area (Å²) in [5, 5.41) is 13.6. The zero-order valence-corrected chi connectivity index (χ0v) is 11.3. The van der Waals surface area contributed by atoms with Crippen LogP contribution in [0.15, 0.2) is 30.6 Å². The summed E-state index contributed by atoms with van der Waals surface area (Å²) < 4.78 is 7.26. The molecule has 2 aromatic rings. The third-order valence-corrected chi connectivity index (χ3v) is 2.74. The molecule has 0 saturated carbocycles. The lowest BCUT2D eigenvalue weighted by Crippen LogP contribution is -2.00. The van der Waals surface area contributed by atoms with Crippen LogP contribution in [0.4, 0.5) is 0 Å². The largest absolute Gasteiger partial charge is 0.478 e. The van der Waals surface area contributed by atoms with Gasteiger partial charge in [-0.1, -0.05) is 11.6 Å². The molecule has 100 valence electrons. The molecule has 0 aliphatic carbocycles. The smallest absolute Gasteiger partial charge is 0.339 e. The molecule has 19 heavy (non-hydrogen) atoms. The van der Waals surface area contributed by atoms with Crippen LogP contribution in [0.25, 0.3) is 0 Å². The van der Waals surface area contributed by atoms with Crippen molar-refractivity contribution < 1.29 is 14.6 Å². The first-order chi connectivity index (χ1) is 8.97. The zero-order valence-electron chi connectivity index (χ0n) is 10.5. The predicted molar refractivity (Wildman–Crippen MR) is 71.1 cm³/mol. The molecule has 0 saturated heterocycles. The number of aromatic carboxylic acids is 1. The summed E-state index contributed by atoms with van der Waals surface area (Å²) in [4.78, 5) is 11.1. The lowest BCUT2D eigenvalue weighted by molar-refractivity contribution is 0.0694. The minimum atomic E-state index is -1.07. The van der Waals surface area contributed by atoms with Crippen molar-refractivity contribution >= 4 is 17.6 Å². The fourth-order valence-electron chi connectivity index (χ4n) is 1.54. The first kappa shape index (κ1) is 13.4. The van der Waals surface area contributed by atoms with Gasteiger partial charge >= 0.3 is 5.97 Å². The summed E-state index contributed by atoms with van der Waals surface area (Å²) in [6.07, 6.45) is 3.24. The van der Waals surface area contributed by atoms with Gasteiger partial charge in [0.1, 0.15) is 11.3 Å². The molecule has 0 spiro atoms. The number of nitrogens with zero attached hydrogens (tertiary/aromatic N) is 2. The van der Waals surface area contributed by atoms with Crippen molar-refractivity contribution in [3.8, 4) is 11.5 Å². The number of carbonyl (C=O) groups is 1. The molecule has 0 radical (unpaired) electrons. The molecule has 0 aliphatic heterocycles. The van der Waals surface area contributed by atoms with Crippen LogP contribution in [0.3, 0.4) is 0 Å². The molecule has 0 amide bonds. The number of rotatable bonds is 4. The Hall–Kier alpha value is -2.01. The van der Waals surface area contributed by atoms with E-state index in [0.717, 1.165) is 0 Å². The van der Waals surface area contributed by atoms with Crippen molar-refractivity contribution in [1.29, 1.82) is 0 Å². The van der Waals surface area contributed by atoms with Crippen LogP contribution in [0.1, 0.15) is 30.2 Å². The molecule has 1 heterocycles. The van der Waals surface area contributed by atoms with Crippen molar-refractivity contribution in [2.24, 2.45) is 0 Å². The van der Waals surface area contributed by atoms with Crippen LogP contribution < -0.4 is 4.74 Å². The summed E-state index contributed by atoms with van der Waals surface area (Å²) >= 11 is 5.85. The zero-order chi connectivity index (χ0) is 14.0. The molecule has 5 nitrogen and oxygen atoms in total. The van der Waals surface area contributed by atoms with E-state index < -0.39 is 5.97 Å². The maximum Gasteiger partial charge on any atom is 0.339 e. The molecule has 2 rings (SSSR count). The fraction of sp³-hybridized carbons (Fsp3) is 0.231. The van der Waals surface area contributed by atoms with Gasteiger partial charge in [0.2, 0.25) is 0 Å². The number of hydrogen-bond acceptors (Lipinski definition) is 3. The van der Waals surface area contributed by atoms with Gasteiger partial charge in [-0.25, -0.2) is 4.79 Å². The Bertz CT molecular complexity index is 608. The summed E-state index contributed by atoms with van der Waals surface area (Å²) in [6.45, 7) is 3.97. The molecule has 6 heteroatoms. The average Bonchev–Trinajstić information content (AvgIpc) is 2.77. The first-order valence-corrected chi connectivity index (χ1v) is 6.10. The van der Waals surface area contributed by atoms with E-state index in [1.54, 1.807) is 10.9 Å². The van der Waals surface area contributed by atoms with E-state index in [-0.39, 0.29) is 17.4 Å². The van der Waals surface area contributed by atoms with Crippen molar-refractivity contribution in [3.63, 3.8) is 0 Å². The second-order valence-corrected chi connectivity index (χ2v) is 4.73. The Balaban J connectivity index is 2.31. The topological polar surface area (TPSA) is 64.3 Å². The minimum Gasteiger partial charge on any atom is -0.478 e. The molecule has 0 atom stereocenters. The van der Waals surface area contributed by atoms with Crippen LogP contribution in [0, 0.1) is 0 Å². The molecule has 0 unspecified atom stereocenters. The molecule has 0 aliphatic rings. The maximum atomic E-state index is 11.1. The van der Waals surface area contributed by atoms with Gasteiger partial charge < -0.3 is 9.84 Å². The lowest BCUT2D eigenvalue weighted by atomic mass is 10.2. The van der Waals surface area contributed by atoms with Crippen molar-refractivity contribution in [1.82, 2.24) is 9.78 Å². The number of halogens is 1. The highest BCUT2D eigenvalue weighted by Gasteiger charge is 2.13. The summed E-state index contributed by atoms with van der Waals surface area (Å²) in [6, 6.07) is 4.59. The summed E-state index contributed by atoms with van der Waals surface area (Å²) in [5.74, 6) is -0.398. The van der Waals surface area contributed by atoms with Gasteiger partial charge in [0.05, 0.1) is 12.4 Å². The monoisotopic (exact) mass is 280 g/mol. The van der Waals surface area contributed by atoms with Crippen LogP contribution in [-0.4, -0.2) is 20.9 Å². The van der Waals surface area contributed by atoms with Crippen LogP contribution in [-0.2, 0) is 0 Å². The van der Waals surface area contributed by atoms with Gasteiger partial charge in [-0.3, -0.25) is 4.68 Å². The van der Waals surface area contributed by atoms with Crippen molar-refractivity contribution in [2.45, 2.75) is 19.9 Å². The highest BCUT2D eigenvalue weighted by atomic mass is 35.5. The van der Waals surface area contributed by atoms with Crippen LogP contribution >= 0.6 is 11.6 Å². The SMILES string of the molecule is CC(C)n1cc(Oc2cc(Cl)ccc2C(=O)O)cn1. The standard InChI is InChI=1S/C13H13ClN2O3/c1-8(2)16-7-10(6-15-16)19-12-5-9(14)3-4-11(12)13(17)18/h3-8H,1-2H3,(H,17,18). The Morgan fingerprint density at radius 1 is 1.47 bits per heavy atom. The molecular weight excluding hydrogens is 268 g/mol.